The number of aromatic nitrogens is 3. The summed E-state index contributed by atoms with van der Waals surface area (Å²) in [5.41, 5.74) is 2.08. The van der Waals surface area contributed by atoms with E-state index in [4.69, 9.17) is 9.90 Å². The normalized spacial score (nSPS) is 18.2. The Bertz CT molecular complexity index is 904. The van der Waals surface area contributed by atoms with Gasteiger partial charge in [-0.2, -0.15) is 13.2 Å². The Hall–Kier alpha value is -3.08. The molecule has 1 amide bonds. The van der Waals surface area contributed by atoms with Gasteiger partial charge in [0.1, 0.15) is 5.69 Å². The summed E-state index contributed by atoms with van der Waals surface area (Å²) in [5, 5.41) is 7.12. The molecule has 0 saturated carbocycles. The van der Waals surface area contributed by atoms with Crippen LogP contribution in [0.2, 0.25) is 0 Å². The zero-order valence-corrected chi connectivity index (χ0v) is 17.3. The molecule has 1 spiro atoms. The zero-order valence-electron chi connectivity index (χ0n) is 17.3. The van der Waals surface area contributed by atoms with Crippen molar-refractivity contribution in [3.05, 3.63) is 54.4 Å². The van der Waals surface area contributed by atoms with Gasteiger partial charge in [0.05, 0.1) is 6.20 Å². The van der Waals surface area contributed by atoms with Gasteiger partial charge in [0, 0.05) is 51.0 Å². The minimum Gasteiger partial charge on any atom is -0.475 e. The van der Waals surface area contributed by atoms with Crippen LogP contribution in [0.3, 0.4) is 0 Å². The third-order valence-corrected chi connectivity index (χ3v) is 5.78. The number of pyridine rings is 1. The van der Waals surface area contributed by atoms with Gasteiger partial charge >= 0.3 is 12.1 Å². The molecule has 11 heteroatoms. The van der Waals surface area contributed by atoms with Crippen molar-refractivity contribution < 1.29 is 27.9 Å². The average Bonchev–Trinajstić information content (AvgIpc) is 3.16. The first-order valence-electron chi connectivity index (χ1n) is 10.2. The zero-order chi connectivity index (χ0) is 23.2. The highest BCUT2D eigenvalue weighted by Crippen LogP contribution is 2.40. The summed E-state index contributed by atoms with van der Waals surface area (Å²) >= 11 is 0. The minimum atomic E-state index is -5.08. The molecule has 0 radical (unpaired) electrons. The van der Waals surface area contributed by atoms with Crippen molar-refractivity contribution in [2.45, 2.75) is 32.0 Å². The van der Waals surface area contributed by atoms with Gasteiger partial charge in [-0.15, -0.1) is 0 Å². The van der Waals surface area contributed by atoms with Crippen LogP contribution < -0.4 is 0 Å². The van der Waals surface area contributed by atoms with Crippen molar-refractivity contribution in [3.63, 3.8) is 0 Å². The largest absolute Gasteiger partial charge is 0.490 e. The molecule has 0 aliphatic carbocycles. The highest BCUT2D eigenvalue weighted by atomic mass is 19.4. The fourth-order valence-electron chi connectivity index (χ4n) is 4.08. The summed E-state index contributed by atoms with van der Waals surface area (Å²) < 4.78 is 31.7. The molecular weight excluding hydrogens is 427 g/mol. The summed E-state index contributed by atoms with van der Waals surface area (Å²) in [7, 11) is 0. The van der Waals surface area contributed by atoms with Crippen molar-refractivity contribution in [1.82, 2.24) is 24.8 Å². The molecule has 0 unspecified atom stereocenters. The van der Waals surface area contributed by atoms with Crippen molar-refractivity contribution in [1.29, 1.82) is 0 Å². The fraction of sp³-hybridized carbons (Fsp3) is 0.476. The van der Waals surface area contributed by atoms with E-state index in [1.807, 2.05) is 23.4 Å². The molecule has 8 nitrogen and oxygen atoms in total. The number of carboxylic acids is 1. The maximum Gasteiger partial charge on any atom is 0.490 e. The maximum atomic E-state index is 12.5. The first-order valence-corrected chi connectivity index (χ1v) is 10.2. The van der Waals surface area contributed by atoms with Gasteiger partial charge < -0.3 is 10.0 Å². The van der Waals surface area contributed by atoms with Crippen LogP contribution in [0.5, 0.6) is 0 Å². The van der Waals surface area contributed by atoms with Gasteiger partial charge in [-0.1, -0.05) is 6.07 Å². The Labute approximate surface area is 183 Å². The standard InChI is InChI=1S/C19H23N5O.C2HF3O2/c25-18(17-13-21-7-8-22-17)24-10-4-19(5-11-24)3-9-23(15-19)14-16-2-1-6-20-12-16;3-2(4,5)1(6)7/h1-2,6-8,12-13H,3-5,9-11,14-15H2;(H,6,7). The van der Waals surface area contributed by atoms with Crippen LogP contribution in [-0.4, -0.2) is 74.1 Å². The lowest BCUT2D eigenvalue weighted by Gasteiger charge is -2.39. The second kappa shape index (κ2) is 10.0. The van der Waals surface area contributed by atoms with Crippen LogP contribution in [0.25, 0.3) is 0 Å². The Balaban J connectivity index is 0.000000360. The van der Waals surface area contributed by atoms with E-state index in [-0.39, 0.29) is 5.91 Å². The van der Waals surface area contributed by atoms with Crippen molar-refractivity contribution >= 4 is 11.9 Å². The number of aliphatic carboxylic acids is 1. The SMILES string of the molecule is O=C(O)C(F)(F)F.O=C(c1cnccn1)N1CCC2(CCN(Cc3cccnc3)C2)CC1. The van der Waals surface area contributed by atoms with Crippen molar-refractivity contribution in [3.8, 4) is 0 Å². The minimum absolute atomic E-state index is 0.00756. The number of piperidine rings is 1. The molecule has 1 N–H and O–H groups in total. The number of hydrogen-bond donors (Lipinski definition) is 1. The van der Waals surface area contributed by atoms with E-state index in [1.165, 1.54) is 12.0 Å². The van der Waals surface area contributed by atoms with Gasteiger partial charge in [0.2, 0.25) is 0 Å². The average molecular weight is 451 g/mol. The lowest BCUT2D eigenvalue weighted by atomic mass is 9.77. The Kier molecular flexibility index (Phi) is 7.39. The predicted octanol–water partition coefficient (Wildman–Crippen LogP) is 2.63. The van der Waals surface area contributed by atoms with Crippen LogP contribution in [0.15, 0.2) is 43.1 Å². The molecule has 172 valence electrons. The molecule has 4 heterocycles. The third-order valence-electron chi connectivity index (χ3n) is 5.78. The number of alkyl halides is 3. The molecular formula is C21H24F3N5O3. The number of carbonyl (C=O) groups is 2. The van der Waals surface area contributed by atoms with Crippen LogP contribution in [0.1, 0.15) is 35.3 Å². The Morgan fingerprint density at radius 2 is 1.69 bits per heavy atom. The van der Waals surface area contributed by atoms with E-state index in [9.17, 15) is 18.0 Å². The van der Waals surface area contributed by atoms with E-state index < -0.39 is 12.1 Å². The smallest absolute Gasteiger partial charge is 0.475 e. The van der Waals surface area contributed by atoms with Crippen LogP contribution >= 0.6 is 0 Å². The molecule has 2 aliphatic rings. The maximum absolute atomic E-state index is 12.5. The van der Waals surface area contributed by atoms with Crippen LogP contribution in [-0.2, 0) is 11.3 Å². The van der Waals surface area contributed by atoms with E-state index in [2.05, 4.69) is 25.9 Å². The third kappa shape index (κ3) is 6.22. The Morgan fingerprint density at radius 3 is 2.25 bits per heavy atom. The van der Waals surface area contributed by atoms with Crippen LogP contribution in [0, 0.1) is 5.41 Å². The van der Waals surface area contributed by atoms with Crippen molar-refractivity contribution in [2.75, 3.05) is 26.2 Å². The number of hydrogen-bond acceptors (Lipinski definition) is 6. The van der Waals surface area contributed by atoms with E-state index in [0.29, 0.717) is 11.1 Å². The second-order valence-corrected chi connectivity index (χ2v) is 8.01. The highest BCUT2D eigenvalue weighted by molar-refractivity contribution is 5.92. The second-order valence-electron chi connectivity index (χ2n) is 8.01. The molecule has 2 aliphatic heterocycles. The lowest BCUT2D eigenvalue weighted by molar-refractivity contribution is -0.192. The summed E-state index contributed by atoms with van der Waals surface area (Å²) in [5.74, 6) is -2.75. The predicted molar refractivity (Wildman–Crippen MR) is 107 cm³/mol. The summed E-state index contributed by atoms with van der Waals surface area (Å²) in [6, 6.07) is 4.14. The first kappa shape index (κ1) is 23.6. The number of amides is 1. The topological polar surface area (TPSA) is 99.5 Å². The quantitative estimate of drug-likeness (QED) is 0.766. The molecule has 2 saturated heterocycles. The van der Waals surface area contributed by atoms with Crippen molar-refractivity contribution in [2.24, 2.45) is 5.41 Å². The van der Waals surface area contributed by atoms with Crippen LogP contribution in [0.4, 0.5) is 13.2 Å². The molecule has 0 atom stereocenters. The number of halogens is 3. The summed E-state index contributed by atoms with van der Waals surface area (Å²) in [6.07, 6.45) is 6.78. The van der Waals surface area contributed by atoms with E-state index in [0.717, 1.165) is 45.6 Å². The highest BCUT2D eigenvalue weighted by Gasteiger charge is 2.41. The number of carbonyl (C=O) groups excluding carboxylic acids is 1. The molecule has 0 aromatic carbocycles. The monoisotopic (exact) mass is 451 g/mol. The molecule has 32 heavy (non-hydrogen) atoms. The molecule has 2 fully saturated rings. The molecule has 2 aromatic rings. The molecule has 4 rings (SSSR count). The molecule has 2 aromatic heterocycles. The number of nitrogens with zero attached hydrogens (tertiary/aromatic N) is 5. The van der Waals surface area contributed by atoms with Gasteiger partial charge in [0.15, 0.2) is 0 Å². The van der Waals surface area contributed by atoms with E-state index >= 15 is 0 Å². The first-order chi connectivity index (χ1) is 15.2. The number of carboxylic acid groups (broad SMARTS) is 1. The van der Waals surface area contributed by atoms with E-state index in [1.54, 1.807) is 18.6 Å². The Morgan fingerprint density at radius 1 is 1.03 bits per heavy atom. The fourth-order valence-corrected chi connectivity index (χ4v) is 4.08. The summed E-state index contributed by atoms with van der Waals surface area (Å²) in [6.45, 7) is 4.85. The van der Waals surface area contributed by atoms with Gasteiger partial charge in [-0.05, 0) is 42.9 Å². The molecule has 0 bridgehead atoms. The van der Waals surface area contributed by atoms with Gasteiger partial charge in [-0.25, -0.2) is 9.78 Å². The summed E-state index contributed by atoms with van der Waals surface area (Å²) in [4.78, 5) is 38.2. The van der Waals surface area contributed by atoms with Gasteiger partial charge in [0.25, 0.3) is 5.91 Å². The number of rotatable bonds is 3. The number of likely N-dealkylation sites (tertiary alicyclic amines) is 2. The lowest BCUT2D eigenvalue weighted by Crippen LogP contribution is -2.44. The van der Waals surface area contributed by atoms with Gasteiger partial charge in [-0.3, -0.25) is 19.7 Å².